The van der Waals surface area contributed by atoms with Gasteiger partial charge in [-0.15, -0.1) is 0 Å². The first-order chi connectivity index (χ1) is 14.5. The summed E-state index contributed by atoms with van der Waals surface area (Å²) in [7, 11) is -4.24. The van der Waals surface area contributed by atoms with Crippen LogP contribution in [0.25, 0.3) is 0 Å². The van der Waals surface area contributed by atoms with Crippen molar-refractivity contribution in [2.45, 2.75) is 71.1 Å². The Balaban J connectivity index is 0.000000308. The molecule has 0 unspecified atom stereocenters. The number of ether oxygens (including phenoxy) is 1. The van der Waals surface area contributed by atoms with Crippen LogP contribution in [0.4, 0.5) is 0 Å². The molecule has 168 valence electrons. The lowest BCUT2D eigenvalue weighted by Crippen LogP contribution is -1.92. The summed E-state index contributed by atoms with van der Waals surface area (Å²) in [6, 6.07) is 19.5. The molecule has 0 aliphatic heterocycles. The van der Waals surface area contributed by atoms with E-state index in [-0.39, 0.29) is 6.61 Å². The maximum Gasteiger partial charge on any atom is 0.469 e. The van der Waals surface area contributed by atoms with Gasteiger partial charge in [0.15, 0.2) is 0 Å². The number of hydrogen-bond acceptors (Lipinski definition) is 3. The van der Waals surface area contributed by atoms with E-state index in [1.165, 1.54) is 44.9 Å². The summed E-state index contributed by atoms with van der Waals surface area (Å²) in [4.78, 5) is 16.9. The Morgan fingerprint density at radius 2 is 1.07 bits per heavy atom. The molecule has 0 spiro atoms. The smallest absolute Gasteiger partial charge is 0.457 e. The van der Waals surface area contributed by atoms with E-state index in [0.717, 1.165) is 30.8 Å². The number of rotatable bonds is 14. The first-order valence-electron chi connectivity index (χ1n) is 11.0. The number of hydrogen-bond donors (Lipinski definition) is 2. The quantitative estimate of drug-likeness (QED) is 0.237. The summed E-state index contributed by atoms with van der Waals surface area (Å²) in [5.41, 5.74) is 0. The van der Waals surface area contributed by atoms with Crippen LogP contribution in [0.5, 0.6) is 11.5 Å². The van der Waals surface area contributed by atoms with E-state index in [0.29, 0.717) is 0 Å². The van der Waals surface area contributed by atoms with Crippen LogP contribution in [0.15, 0.2) is 60.7 Å². The average Bonchev–Trinajstić information content (AvgIpc) is 2.73. The lowest BCUT2D eigenvalue weighted by Gasteiger charge is -2.05. The fraction of sp³-hybridized carbons (Fsp3) is 0.500. The van der Waals surface area contributed by atoms with Gasteiger partial charge in [-0.05, 0) is 30.7 Å². The summed E-state index contributed by atoms with van der Waals surface area (Å²) in [6.45, 7) is 2.39. The molecule has 2 aromatic carbocycles. The van der Waals surface area contributed by atoms with Gasteiger partial charge < -0.3 is 14.5 Å². The molecule has 0 heterocycles. The fourth-order valence-corrected chi connectivity index (χ4v) is 3.25. The first kappa shape index (κ1) is 26.4. The van der Waals surface area contributed by atoms with Crippen LogP contribution >= 0.6 is 7.82 Å². The maximum absolute atomic E-state index is 10.4. The van der Waals surface area contributed by atoms with Crippen molar-refractivity contribution in [3.05, 3.63) is 60.7 Å². The highest BCUT2D eigenvalue weighted by Gasteiger charge is 2.12. The fourth-order valence-electron chi connectivity index (χ4n) is 2.89. The first-order valence-corrected chi connectivity index (χ1v) is 12.5. The van der Waals surface area contributed by atoms with Crippen LogP contribution < -0.4 is 4.74 Å². The summed E-state index contributed by atoms with van der Waals surface area (Å²) in [6.07, 6.45) is 12.0. The third-order valence-corrected chi connectivity index (χ3v) is 5.00. The molecular weight excluding hydrogens is 399 g/mol. The van der Waals surface area contributed by atoms with Gasteiger partial charge in [-0.25, -0.2) is 4.57 Å². The Hall–Kier alpha value is -1.65. The van der Waals surface area contributed by atoms with E-state index in [2.05, 4.69) is 11.4 Å². The van der Waals surface area contributed by atoms with E-state index < -0.39 is 7.82 Å². The summed E-state index contributed by atoms with van der Waals surface area (Å²) in [5.74, 6) is 1.74. The van der Waals surface area contributed by atoms with E-state index >= 15 is 0 Å². The van der Waals surface area contributed by atoms with E-state index in [4.69, 9.17) is 14.5 Å². The molecular formula is C24H37O5P. The zero-order chi connectivity index (χ0) is 21.9. The molecule has 0 fully saturated rings. The highest BCUT2D eigenvalue weighted by Crippen LogP contribution is 2.35. The Kier molecular flexibility index (Phi) is 15.0. The molecule has 0 saturated heterocycles. The molecule has 0 aromatic heterocycles. The van der Waals surface area contributed by atoms with Crippen molar-refractivity contribution in [3.63, 3.8) is 0 Å². The van der Waals surface area contributed by atoms with Gasteiger partial charge in [-0.1, -0.05) is 101 Å². The van der Waals surface area contributed by atoms with E-state index in [1.54, 1.807) is 0 Å². The monoisotopic (exact) mass is 436 g/mol. The lowest BCUT2D eigenvalue weighted by atomic mass is 10.1. The Labute approximate surface area is 181 Å². The average molecular weight is 437 g/mol. The number of para-hydroxylation sites is 2. The van der Waals surface area contributed by atoms with E-state index in [1.807, 2.05) is 60.7 Å². The van der Waals surface area contributed by atoms with Crippen LogP contribution in [0.2, 0.25) is 0 Å². The second-order valence-corrected chi connectivity index (χ2v) is 8.47. The van der Waals surface area contributed by atoms with Crippen molar-refractivity contribution in [3.8, 4) is 11.5 Å². The number of benzene rings is 2. The zero-order valence-corrected chi connectivity index (χ0v) is 19.0. The van der Waals surface area contributed by atoms with Gasteiger partial charge in [0.2, 0.25) is 0 Å². The van der Waals surface area contributed by atoms with Gasteiger partial charge in [-0.3, -0.25) is 4.52 Å². The Morgan fingerprint density at radius 1 is 0.667 bits per heavy atom. The van der Waals surface area contributed by atoms with Crippen molar-refractivity contribution in [2.24, 2.45) is 0 Å². The maximum atomic E-state index is 10.4. The second kappa shape index (κ2) is 17.1. The van der Waals surface area contributed by atoms with Crippen molar-refractivity contribution >= 4 is 7.82 Å². The van der Waals surface area contributed by atoms with Crippen molar-refractivity contribution in [2.75, 3.05) is 6.61 Å². The molecule has 2 aromatic rings. The summed E-state index contributed by atoms with van der Waals surface area (Å²) >= 11 is 0. The highest BCUT2D eigenvalue weighted by molar-refractivity contribution is 7.46. The minimum atomic E-state index is -4.24. The molecule has 2 N–H and O–H groups in total. The van der Waals surface area contributed by atoms with Crippen LogP contribution in [-0.4, -0.2) is 16.4 Å². The molecule has 0 aliphatic carbocycles. The van der Waals surface area contributed by atoms with Crippen molar-refractivity contribution in [1.29, 1.82) is 0 Å². The van der Waals surface area contributed by atoms with Gasteiger partial charge in [-0.2, -0.15) is 0 Å². The van der Waals surface area contributed by atoms with Gasteiger partial charge >= 0.3 is 7.82 Å². The summed E-state index contributed by atoms with van der Waals surface area (Å²) < 4.78 is 20.3. The van der Waals surface area contributed by atoms with Crippen LogP contribution in [0.3, 0.4) is 0 Å². The summed E-state index contributed by atoms with van der Waals surface area (Å²) in [5, 5.41) is 0. The SMILES string of the molecule is CCCCCCCCCCCCOP(=O)(O)O.c1ccc(Oc2ccccc2)cc1. The molecule has 0 aliphatic rings. The molecule has 2 rings (SSSR count). The third-order valence-electron chi connectivity index (χ3n) is 4.48. The predicted molar refractivity (Wildman–Crippen MR) is 123 cm³/mol. The standard InChI is InChI=1S/C12H27O4P.C12H10O/c1-2-3-4-5-6-7-8-9-10-11-12-16-17(13,14)15;1-3-7-11(8-4-1)13-12-9-5-2-6-10-12/h2-12H2,1H3,(H2,13,14,15);1-10H. The largest absolute Gasteiger partial charge is 0.469 e. The minimum absolute atomic E-state index is 0.167. The minimum Gasteiger partial charge on any atom is -0.457 e. The molecule has 0 radical (unpaired) electrons. The molecule has 5 nitrogen and oxygen atoms in total. The number of phosphoric acid groups is 1. The van der Waals surface area contributed by atoms with Crippen molar-refractivity contribution in [1.82, 2.24) is 0 Å². The topological polar surface area (TPSA) is 76.0 Å². The van der Waals surface area contributed by atoms with Gasteiger partial charge in [0, 0.05) is 0 Å². The van der Waals surface area contributed by atoms with Gasteiger partial charge in [0.1, 0.15) is 11.5 Å². The molecule has 0 atom stereocenters. The van der Waals surface area contributed by atoms with Gasteiger partial charge in [0.25, 0.3) is 0 Å². The molecule has 0 amide bonds. The highest BCUT2D eigenvalue weighted by atomic mass is 31.2. The van der Waals surface area contributed by atoms with E-state index in [9.17, 15) is 4.57 Å². The molecule has 30 heavy (non-hydrogen) atoms. The number of phosphoric ester groups is 1. The Bertz CT molecular complexity index is 635. The lowest BCUT2D eigenvalue weighted by molar-refractivity contribution is 0.193. The van der Waals surface area contributed by atoms with Crippen LogP contribution in [-0.2, 0) is 9.09 Å². The normalized spacial score (nSPS) is 10.9. The van der Waals surface area contributed by atoms with Gasteiger partial charge in [0.05, 0.1) is 6.61 Å². The molecule has 0 bridgehead atoms. The van der Waals surface area contributed by atoms with Crippen LogP contribution in [0.1, 0.15) is 71.1 Å². The third kappa shape index (κ3) is 16.2. The zero-order valence-electron chi connectivity index (χ0n) is 18.1. The predicted octanol–water partition coefficient (Wildman–Crippen LogP) is 7.50. The number of unbranched alkanes of at least 4 members (excludes halogenated alkanes) is 9. The van der Waals surface area contributed by atoms with Crippen molar-refractivity contribution < 1.29 is 23.6 Å². The Morgan fingerprint density at radius 3 is 1.47 bits per heavy atom. The molecule has 6 heteroatoms. The van der Waals surface area contributed by atoms with Crippen LogP contribution in [0, 0.1) is 0 Å². The molecule has 0 saturated carbocycles. The second-order valence-electron chi connectivity index (χ2n) is 7.23.